The van der Waals surface area contributed by atoms with Crippen LogP contribution in [0, 0.1) is 6.92 Å². The average molecular weight is 285 g/mol. The van der Waals surface area contributed by atoms with Gasteiger partial charge in [-0.3, -0.25) is 9.78 Å². The predicted molar refractivity (Wildman–Crippen MR) is 73.1 cm³/mol. The van der Waals surface area contributed by atoms with Crippen molar-refractivity contribution in [1.29, 1.82) is 0 Å². The first-order valence-electron chi connectivity index (χ1n) is 5.95. The molecule has 2 N–H and O–H groups in total. The number of amides is 1. The summed E-state index contributed by atoms with van der Waals surface area (Å²) in [5.74, 6) is -0.349. The number of aryl methyl sites for hydroxylation is 1. The van der Waals surface area contributed by atoms with Crippen LogP contribution >= 0.6 is 0 Å². The zero-order valence-corrected chi connectivity index (χ0v) is 12.1. The number of hydrogen-bond acceptors (Lipinski definition) is 4. The highest BCUT2D eigenvalue weighted by Crippen LogP contribution is 1.98. The minimum atomic E-state index is -3.37. The van der Waals surface area contributed by atoms with Gasteiger partial charge in [-0.05, 0) is 26.0 Å². The summed E-state index contributed by atoms with van der Waals surface area (Å²) in [5, 5.41) is 2.67. The molecule has 0 bridgehead atoms. The molecule has 0 aliphatic rings. The third-order valence-corrected chi connectivity index (χ3v) is 3.19. The molecular formula is C12H19N3O3S. The number of hydrogen-bond donors (Lipinski definition) is 2. The van der Waals surface area contributed by atoms with E-state index in [2.05, 4.69) is 15.0 Å². The Bertz CT molecular complexity index is 543. The second-order valence-corrected chi connectivity index (χ2v) is 6.20. The molecule has 1 aromatic rings. The van der Waals surface area contributed by atoms with Crippen molar-refractivity contribution in [3.05, 3.63) is 29.6 Å². The highest BCUT2D eigenvalue weighted by molar-refractivity contribution is 7.88. The molecule has 1 amide bonds. The van der Waals surface area contributed by atoms with Crippen molar-refractivity contribution in [2.75, 3.05) is 12.8 Å². The van der Waals surface area contributed by atoms with Crippen molar-refractivity contribution in [3.63, 3.8) is 0 Å². The molecular weight excluding hydrogens is 266 g/mol. The van der Waals surface area contributed by atoms with Crippen molar-refractivity contribution >= 4 is 15.9 Å². The van der Waals surface area contributed by atoms with Crippen molar-refractivity contribution in [3.8, 4) is 0 Å². The molecule has 1 atom stereocenters. The molecule has 1 heterocycles. The van der Waals surface area contributed by atoms with Gasteiger partial charge < -0.3 is 5.32 Å². The molecule has 0 aliphatic carbocycles. The average Bonchev–Trinajstić information content (AvgIpc) is 2.26. The maximum Gasteiger partial charge on any atom is 0.237 e. The number of carbonyl (C=O) groups excluding carboxylic acids is 1. The van der Waals surface area contributed by atoms with E-state index < -0.39 is 16.1 Å². The van der Waals surface area contributed by atoms with E-state index in [-0.39, 0.29) is 5.91 Å². The van der Waals surface area contributed by atoms with E-state index in [0.29, 0.717) is 13.0 Å². The summed E-state index contributed by atoms with van der Waals surface area (Å²) < 4.78 is 24.2. The van der Waals surface area contributed by atoms with Gasteiger partial charge in [0.2, 0.25) is 15.9 Å². The topological polar surface area (TPSA) is 88.2 Å². The van der Waals surface area contributed by atoms with Gasteiger partial charge in [-0.1, -0.05) is 6.07 Å². The Kier molecular flexibility index (Phi) is 5.44. The Balaban J connectivity index is 2.39. The van der Waals surface area contributed by atoms with Crippen LogP contribution in [-0.2, 0) is 21.2 Å². The molecule has 0 fully saturated rings. The minimum absolute atomic E-state index is 0.349. The Morgan fingerprint density at radius 2 is 2.11 bits per heavy atom. The maximum absolute atomic E-state index is 11.6. The minimum Gasteiger partial charge on any atom is -0.354 e. The Morgan fingerprint density at radius 3 is 2.68 bits per heavy atom. The van der Waals surface area contributed by atoms with Crippen LogP contribution in [0.2, 0.25) is 0 Å². The van der Waals surface area contributed by atoms with E-state index in [1.54, 1.807) is 0 Å². The molecule has 0 saturated heterocycles. The molecule has 0 aliphatic heterocycles. The smallest absolute Gasteiger partial charge is 0.237 e. The summed E-state index contributed by atoms with van der Waals surface area (Å²) in [4.78, 5) is 15.9. The second kappa shape index (κ2) is 6.63. The number of nitrogens with zero attached hydrogens (tertiary/aromatic N) is 1. The quantitative estimate of drug-likeness (QED) is 0.769. The molecule has 0 radical (unpaired) electrons. The van der Waals surface area contributed by atoms with Crippen LogP contribution in [0.1, 0.15) is 18.3 Å². The van der Waals surface area contributed by atoms with Crippen LogP contribution in [0.4, 0.5) is 0 Å². The van der Waals surface area contributed by atoms with Gasteiger partial charge in [0.25, 0.3) is 0 Å². The van der Waals surface area contributed by atoms with Crippen LogP contribution in [0.5, 0.6) is 0 Å². The van der Waals surface area contributed by atoms with Gasteiger partial charge in [0, 0.05) is 24.4 Å². The summed E-state index contributed by atoms with van der Waals surface area (Å²) >= 11 is 0. The maximum atomic E-state index is 11.6. The second-order valence-electron chi connectivity index (χ2n) is 4.42. The third-order valence-electron chi connectivity index (χ3n) is 2.41. The molecule has 0 saturated carbocycles. The first-order chi connectivity index (χ1) is 8.78. The molecule has 6 nitrogen and oxygen atoms in total. The van der Waals surface area contributed by atoms with Crippen molar-refractivity contribution < 1.29 is 13.2 Å². The van der Waals surface area contributed by atoms with E-state index in [0.717, 1.165) is 17.6 Å². The SMILES string of the molecule is Cc1cccc(CCNC(=O)C(C)NS(C)(=O)=O)n1. The van der Waals surface area contributed by atoms with E-state index in [1.807, 2.05) is 25.1 Å². The molecule has 0 spiro atoms. The molecule has 19 heavy (non-hydrogen) atoms. The van der Waals surface area contributed by atoms with Gasteiger partial charge in [0.15, 0.2) is 0 Å². The van der Waals surface area contributed by atoms with Crippen LogP contribution in [0.25, 0.3) is 0 Å². The number of rotatable bonds is 6. The van der Waals surface area contributed by atoms with Gasteiger partial charge in [-0.15, -0.1) is 0 Å². The normalized spacial score (nSPS) is 13.0. The highest BCUT2D eigenvalue weighted by Gasteiger charge is 2.16. The number of pyridine rings is 1. The lowest BCUT2D eigenvalue weighted by atomic mass is 10.2. The lowest BCUT2D eigenvalue weighted by Crippen LogP contribution is -2.44. The fourth-order valence-corrected chi connectivity index (χ4v) is 2.33. The molecule has 1 aromatic heterocycles. The molecule has 7 heteroatoms. The van der Waals surface area contributed by atoms with Crippen LogP contribution < -0.4 is 10.0 Å². The summed E-state index contributed by atoms with van der Waals surface area (Å²) in [5.41, 5.74) is 1.82. The first kappa shape index (κ1) is 15.6. The van der Waals surface area contributed by atoms with Crippen molar-refractivity contribution in [1.82, 2.24) is 15.0 Å². The first-order valence-corrected chi connectivity index (χ1v) is 7.84. The standard InChI is InChI=1S/C12H19N3O3S/c1-9-5-4-6-11(14-9)7-8-13-12(16)10(2)15-19(3,17)18/h4-6,10,15H,7-8H2,1-3H3,(H,13,16). The fraction of sp³-hybridized carbons (Fsp3) is 0.500. The van der Waals surface area contributed by atoms with Crippen LogP contribution in [0.15, 0.2) is 18.2 Å². The molecule has 1 rings (SSSR count). The summed E-state index contributed by atoms with van der Waals surface area (Å²) in [6, 6.07) is 4.92. The third kappa shape index (κ3) is 6.30. The van der Waals surface area contributed by atoms with Gasteiger partial charge in [-0.25, -0.2) is 13.1 Å². The lowest BCUT2D eigenvalue weighted by Gasteiger charge is -2.12. The summed E-state index contributed by atoms with van der Waals surface area (Å²) in [6.07, 6.45) is 1.63. The Hall–Kier alpha value is -1.47. The molecule has 106 valence electrons. The zero-order valence-electron chi connectivity index (χ0n) is 11.3. The lowest BCUT2D eigenvalue weighted by molar-refractivity contribution is -0.122. The number of aromatic nitrogens is 1. The highest BCUT2D eigenvalue weighted by atomic mass is 32.2. The van der Waals surface area contributed by atoms with Crippen molar-refractivity contribution in [2.45, 2.75) is 26.3 Å². The summed E-state index contributed by atoms with van der Waals surface area (Å²) in [6.45, 7) is 3.83. The predicted octanol–water partition coefficient (Wildman–Crippen LogP) is -0.0136. The van der Waals surface area contributed by atoms with Crippen LogP contribution in [-0.4, -0.2) is 38.2 Å². The van der Waals surface area contributed by atoms with Gasteiger partial charge >= 0.3 is 0 Å². The van der Waals surface area contributed by atoms with E-state index in [9.17, 15) is 13.2 Å². The van der Waals surface area contributed by atoms with Gasteiger partial charge in [-0.2, -0.15) is 0 Å². The van der Waals surface area contributed by atoms with Crippen molar-refractivity contribution in [2.24, 2.45) is 0 Å². The fourth-order valence-electron chi connectivity index (χ4n) is 1.58. The Labute approximate surface area is 113 Å². The number of sulfonamides is 1. The molecule has 1 unspecified atom stereocenters. The van der Waals surface area contributed by atoms with E-state index >= 15 is 0 Å². The largest absolute Gasteiger partial charge is 0.354 e. The Morgan fingerprint density at radius 1 is 1.42 bits per heavy atom. The van der Waals surface area contributed by atoms with E-state index in [1.165, 1.54) is 6.92 Å². The van der Waals surface area contributed by atoms with E-state index in [4.69, 9.17) is 0 Å². The molecule has 0 aromatic carbocycles. The zero-order chi connectivity index (χ0) is 14.5. The monoisotopic (exact) mass is 285 g/mol. The number of carbonyl (C=O) groups is 1. The summed E-state index contributed by atoms with van der Waals surface area (Å²) in [7, 11) is -3.37. The number of nitrogens with one attached hydrogen (secondary N) is 2. The van der Waals surface area contributed by atoms with Crippen LogP contribution in [0.3, 0.4) is 0 Å². The van der Waals surface area contributed by atoms with Gasteiger partial charge in [0.1, 0.15) is 0 Å². The van der Waals surface area contributed by atoms with Gasteiger partial charge in [0.05, 0.1) is 12.3 Å².